The van der Waals surface area contributed by atoms with Crippen LogP contribution in [0.4, 0.5) is 5.69 Å². The molecule has 0 bridgehead atoms. The van der Waals surface area contributed by atoms with Crippen LogP contribution in [0.5, 0.6) is 0 Å². The number of nitrogens with two attached hydrogens (primary N) is 1. The molecule has 6 heteroatoms. The molecule has 1 fully saturated rings. The van der Waals surface area contributed by atoms with E-state index < -0.39 is 10.8 Å². The maximum atomic E-state index is 12.1. The van der Waals surface area contributed by atoms with Gasteiger partial charge in [0.2, 0.25) is 5.91 Å². The van der Waals surface area contributed by atoms with Crippen molar-refractivity contribution in [3.05, 3.63) is 22.7 Å². The van der Waals surface area contributed by atoms with Gasteiger partial charge in [-0.15, -0.1) is 0 Å². The van der Waals surface area contributed by atoms with Gasteiger partial charge in [-0.1, -0.05) is 15.9 Å². The Morgan fingerprint density at radius 1 is 1.39 bits per heavy atom. The highest BCUT2D eigenvalue weighted by molar-refractivity contribution is 9.10. The molecule has 98 valence electrons. The molecule has 0 aliphatic carbocycles. The molecule has 0 aromatic heterocycles. The van der Waals surface area contributed by atoms with Crippen LogP contribution in [0.2, 0.25) is 0 Å². The second-order valence-corrected chi connectivity index (χ2v) is 6.60. The van der Waals surface area contributed by atoms with Crippen molar-refractivity contribution in [3.8, 4) is 0 Å². The first-order chi connectivity index (χ1) is 8.58. The summed E-state index contributed by atoms with van der Waals surface area (Å²) in [7, 11) is -1.37. The number of anilines is 1. The number of rotatable bonds is 3. The van der Waals surface area contributed by atoms with Crippen molar-refractivity contribution >= 4 is 38.3 Å². The molecule has 4 nitrogen and oxygen atoms in total. The van der Waals surface area contributed by atoms with Gasteiger partial charge in [0.1, 0.15) is 5.75 Å². The monoisotopic (exact) mass is 330 g/mol. The molecule has 0 radical (unpaired) electrons. The van der Waals surface area contributed by atoms with E-state index in [2.05, 4.69) is 15.9 Å². The standard InChI is InChI=1S/C12H15BrN2O2S/c13-9-3-4-11(10(14)7-9)18(17)8-12(16)15-5-1-2-6-15/h3-4,7H,1-2,5-6,8,14H2. The summed E-state index contributed by atoms with van der Waals surface area (Å²) in [6.45, 7) is 1.57. The molecule has 1 saturated heterocycles. The van der Waals surface area contributed by atoms with Gasteiger partial charge in [0.25, 0.3) is 0 Å². The Balaban J connectivity index is 2.05. The molecule has 1 aliphatic rings. The van der Waals surface area contributed by atoms with E-state index in [1.807, 2.05) is 0 Å². The van der Waals surface area contributed by atoms with Crippen molar-refractivity contribution in [2.75, 3.05) is 24.6 Å². The van der Waals surface area contributed by atoms with Crippen molar-refractivity contribution in [1.82, 2.24) is 4.90 Å². The number of carbonyl (C=O) groups is 1. The number of nitrogens with zero attached hydrogens (tertiary/aromatic N) is 1. The average Bonchev–Trinajstić information content (AvgIpc) is 2.81. The third kappa shape index (κ3) is 3.11. The first-order valence-corrected chi connectivity index (χ1v) is 7.90. The van der Waals surface area contributed by atoms with Gasteiger partial charge in [-0.3, -0.25) is 9.00 Å². The van der Waals surface area contributed by atoms with Crippen LogP contribution in [0.15, 0.2) is 27.6 Å². The fourth-order valence-electron chi connectivity index (χ4n) is 1.97. The number of carbonyl (C=O) groups excluding carboxylic acids is 1. The molecule has 0 saturated carbocycles. The zero-order chi connectivity index (χ0) is 13.1. The summed E-state index contributed by atoms with van der Waals surface area (Å²) < 4.78 is 13.0. The molecule has 1 amide bonds. The summed E-state index contributed by atoms with van der Waals surface area (Å²) >= 11 is 3.30. The zero-order valence-electron chi connectivity index (χ0n) is 9.89. The van der Waals surface area contributed by atoms with Crippen LogP contribution in [0.1, 0.15) is 12.8 Å². The molecule has 1 aliphatic heterocycles. The second-order valence-electron chi connectivity index (χ2n) is 4.26. The Bertz CT molecular complexity index is 487. The Morgan fingerprint density at radius 2 is 2.06 bits per heavy atom. The van der Waals surface area contributed by atoms with Crippen LogP contribution < -0.4 is 5.73 Å². The number of likely N-dealkylation sites (tertiary alicyclic amines) is 1. The van der Waals surface area contributed by atoms with Crippen LogP contribution in [-0.4, -0.2) is 33.9 Å². The van der Waals surface area contributed by atoms with Gasteiger partial charge in [-0.25, -0.2) is 0 Å². The Hall–Kier alpha value is -0.880. The fourth-order valence-corrected chi connectivity index (χ4v) is 3.46. The van der Waals surface area contributed by atoms with Crippen LogP contribution in [-0.2, 0) is 15.6 Å². The first-order valence-electron chi connectivity index (χ1n) is 5.79. The van der Waals surface area contributed by atoms with Crippen molar-refractivity contribution in [1.29, 1.82) is 0 Å². The van der Waals surface area contributed by atoms with Gasteiger partial charge in [-0.2, -0.15) is 0 Å². The largest absolute Gasteiger partial charge is 0.398 e. The van der Waals surface area contributed by atoms with Gasteiger partial charge in [0.05, 0.1) is 15.7 Å². The smallest absolute Gasteiger partial charge is 0.235 e. The van der Waals surface area contributed by atoms with E-state index in [0.717, 1.165) is 30.4 Å². The lowest BCUT2D eigenvalue weighted by Gasteiger charge is -2.15. The van der Waals surface area contributed by atoms with Gasteiger partial charge in [-0.05, 0) is 31.0 Å². The molecule has 2 rings (SSSR count). The van der Waals surface area contributed by atoms with Crippen molar-refractivity contribution in [3.63, 3.8) is 0 Å². The summed E-state index contributed by atoms with van der Waals surface area (Å²) in [5.74, 6) is -0.0283. The van der Waals surface area contributed by atoms with Crippen LogP contribution in [0, 0.1) is 0 Å². The summed E-state index contributed by atoms with van der Waals surface area (Å²) in [5.41, 5.74) is 6.26. The first kappa shape index (κ1) is 13.5. The normalized spacial score (nSPS) is 16.8. The lowest BCUT2D eigenvalue weighted by atomic mass is 10.3. The van der Waals surface area contributed by atoms with Crippen molar-refractivity contribution in [2.24, 2.45) is 0 Å². The molecule has 1 atom stereocenters. The predicted molar refractivity (Wildman–Crippen MR) is 75.6 cm³/mol. The molecule has 1 aromatic rings. The number of halogens is 1. The summed E-state index contributed by atoms with van der Waals surface area (Å²) in [4.78, 5) is 14.2. The molecule has 0 spiro atoms. The Morgan fingerprint density at radius 3 is 2.67 bits per heavy atom. The van der Waals surface area contributed by atoms with E-state index in [1.54, 1.807) is 23.1 Å². The minimum Gasteiger partial charge on any atom is -0.398 e. The zero-order valence-corrected chi connectivity index (χ0v) is 12.3. The third-order valence-corrected chi connectivity index (χ3v) is 4.80. The number of amides is 1. The number of hydrogen-bond acceptors (Lipinski definition) is 3. The summed E-state index contributed by atoms with van der Waals surface area (Å²) in [6.07, 6.45) is 2.08. The highest BCUT2D eigenvalue weighted by atomic mass is 79.9. The van der Waals surface area contributed by atoms with Crippen LogP contribution in [0.25, 0.3) is 0 Å². The lowest BCUT2D eigenvalue weighted by molar-refractivity contribution is -0.127. The average molecular weight is 331 g/mol. The van der Waals surface area contributed by atoms with Crippen molar-refractivity contribution in [2.45, 2.75) is 17.7 Å². The molecular formula is C12H15BrN2O2S. The maximum Gasteiger partial charge on any atom is 0.235 e. The van der Waals surface area contributed by atoms with Gasteiger partial charge >= 0.3 is 0 Å². The number of benzene rings is 1. The molecule has 1 aromatic carbocycles. The maximum absolute atomic E-state index is 12.1. The van der Waals surface area contributed by atoms with E-state index in [4.69, 9.17) is 5.73 Å². The molecule has 18 heavy (non-hydrogen) atoms. The van der Waals surface area contributed by atoms with E-state index >= 15 is 0 Å². The Kier molecular flexibility index (Phi) is 4.40. The second kappa shape index (κ2) is 5.84. The summed E-state index contributed by atoms with van der Waals surface area (Å²) in [5, 5.41) is 0. The third-order valence-electron chi connectivity index (χ3n) is 2.93. The number of nitrogen functional groups attached to an aromatic ring is 1. The quantitative estimate of drug-likeness (QED) is 0.859. The minimum absolute atomic E-state index is 0.0197. The SMILES string of the molecule is Nc1cc(Br)ccc1S(=O)CC(=O)N1CCCC1. The molecule has 1 unspecified atom stereocenters. The van der Waals surface area contributed by atoms with E-state index in [-0.39, 0.29) is 11.7 Å². The molecule has 2 N–H and O–H groups in total. The van der Waals surface area contributed by atoms with E-state index in [0.29, 0.717) is 10.6 Å². The van der Waals surface area contributed by atoms with Crippen LogP contribution >= 0.6 is 15.9 Å². The fraction of sp³-hybridized carbons (Fsp3) is 0.417. The van der Waals surface area contributed by atoms with E-state index in [9.17, 15) is 9.00 Å². The van der Waals surface area contributed by atoms with Gasteiger partial charge in [0.15, 0.2) is 0 Å². The van der Waals surface area contributed by atoms with Gasteiger partial charge < -0.3 is 10.6 Å². The molecular weight excluding hydrogens is 316 g/mol. The van der Waals surface area contributed by atoms with Crippen molar-refractivity contribution < 1.29 is 9.00 Å². The van der Waals surface area contributed by atoms with Gasteiger partial charge in [0, 0.05) is 23.2 Å². The van der Waals surface area contributed by atoms with E-state index in [1.165, 1.54) is 0 Å². The summed E-state index contributed by atoms with van der Waals surface area (Å²) in [6, 6.07) is 5.18. The lowest BCUT2D eigenvalue weighted by Crippen LogP contribution is -2.31. The topological polar surface area (TPSA) is 63.4 Å². The minimum atomic E-state index is -1.37. The van der Waals surface area contributed by atoms with Crippen LogP contribution in [0.3, 0.4) is 0 Å². The number of hydrogen-bond donors (Lipinski definition) is 1. The highest BCUT2D eigenvalue weighted by Gasteiger charge is 2.21. The predicted octanol–water partition coefficient (Wildman–Crippen LogP) is 1.76. The Labute approximate surface area is 117 Å². The molecule has 1 heterocycles. The highest BCUT2D eigenvalue weighted by Crippen LogP contribution is 2.22.